The Kier molecular flexibility index (Phi) is 2.24. The number of halogens is 2. The van der Waals surface area contributed by atoms with Crippen LogP contribution in [0.2, 0.25) is 0 Å². The van der Waals surface area contributed by atoms with E-state index < -0.39 is 6.43 Å². The van der Waals surface area contributed by atoms with Crippen molar-refractivity contribution in [1.29, 1.82) is 0 Å². The smallest absolute Gasteiger partial charge is 0.242 e. The molecule has 10 heavy (non-hydrogen) atoms. The number of rotatable bonds is 1. The van der Waals surface area contributed by atoms with E-state index in [9.17, 15) is 8.78 Å². The molecule has 1 aliphatic heterocycles. The van der Waals surface area contributed by atoms with Crippen LogP contribution in [0.25, 0.3) is 0 Å². The van der Waals surface area contributed by atoms with Crippen LogP contribution in [0.1, 0.15) is 13.3 Å². The van der Waals surface area contributed by atoms with Gasteiger partial charge in [0.2, 0.25) is 6.43 Å². The first kappa shape index (κ1) is 7.92. The van der Waals surface area contributed by atoms with Gasteiger partial charge in [-0.1, -0.05) is 0 Å². The summed E-state index contributed by atoms with van der Waals surface area (Å²) >= 11 is 0. The normalized spacial score (nSPS) is 35.7. The van der Waals surface area contributed by atoms with E-state index in [1.165, 1.54) is 0 Å². The molecule has 1 heterocycles. The number of hydrogen-bond donors (Lipinski definition) is 0. The number of alkyl halides is 2. The summed E-state index contributed by atoms with van der Waals surface area (Å²) in [6.45, 7) is 2.54. The maximum Gasteiger partial charge on any atom is 0.242 e. The Hall–Kier alpha value is -0.180. The standard InChI is InChI=1S/C7H13F2N/c1-5-3-6(7(8)9)4-10(5)2/h5-7H,3-4H2,1-2H3/t5?,6-/m0/s1. The largest absolute Gasteiger partial charge is 0.303 e. The Balaban J connectivity index is 2.41. The maximum atomic E-state index is 12.1. The van der Waals surface area contributed by atoms with Crippen molar-refractivity contribution in [2.75, 3.05) is 13.6 Å². The van der Waals surface area contributed by atoms with Crippen molar-refractivity contribution in [3.63, 3.8) is 0 Å². The van der Waals surface area contributed by atoms with Crippen LogP contribution in [0.4, 0.5) is 8.78 Å². The lowest BCUT2D eigenvalue weighted by atomic mass is 10.1. The molecule has 1 aliphatic rings. The minimum absolute atomic E-state index is 0.332. The van der Waals surface area contributed by atoms with Crippen molar-refractivity contribution in [2.45, 2.75) is 25.8 Å². The molecule has 2 atom stereocenters. The molecule has 0 aromatic heterocycles. The lowest BCUT2D eigenvalue weighted by Crippen LogP contribution is -2.22. The predicted molar refractivity (Wildman–Crippen MR) is 36.2 cm³/mol. The minimum Gasteiger partial charge on any atom is -0.303 e. The SMILES string of the molecule is CC1C[C@H](C(F)F)CN1C. The fourth-order valence-corrected chi connectivity index (χ4v) is 1.43. The fraction of sp³-hybridized carbons (Fsp3) is 1.00. The maximum absolute atomic E-state index is 12.1. The Labute approximate surface area is 60.0 Å². The third-order valence-corrected chi connectivity index (χ3v) is 2.28. The van der Waals surface area contributed by atoms with Gasteiger partial charge in [-0.25, -0.2) is 8.78 Å². The first-order valence-electron chi connectivity index (χ1n) is 3.59. The van der Waals surface area contributed by atoms with Gasteiger partial charge in [0.25, 0.3) is 0 Å². The molecule has 0 radical (unpaired) electrons. The molecule has 0 saturated carbocycles. The summed E-state index contributed by atoms with van der Waals surface area (Å²) in [5, 5.41) is 0. The number of hydrogen-bond acceptors (Lipinski definition) is 1. The van der Waals surface area contributed by atoms with E-state index in [1.807, 2.05) is 18.9 Å². The van der Waals surface area contributed by atoms with Crippen LogP contribution in [0.15, 0.2) is 0 Å². The molecule has 1 saturated heterocycles. The summed E-state index contributed by atoms with van der Waals surface area (Å²) in [4.78, 5) is 1.98. The minimum atomic E-state index is -2.13. The van der Waals surface area contributed by atoms with Gasteiger partial charge < -0.3 is 4.90 Å². The summed E-state index contributed by atoms with van der Waals surface area (Å²) in [6, 6.07) is 0.332. The molecule has 1 unspecified atom stereocenters. The second-order valence-corrected chi connectivity index (χ2v) is 3.12. The Bertz CT molecular complexity index is 106. The molecule has 0 bridgehead atoms. The number of nitrogens with zero attached hydrogens (tertiary/aromatic N) is 1. The molecule has 0 amide bonds. The van der Waals surface area contributed by atoms with Crippen LogP contribution < -0.4 is 0 Å². The lowest BCUT2D eigenvalue weighted by Gasteiger charge is -2.12. The molecule has 3 heteroatoms. The first-order valence-corrected chi connectivity index (χ1v) is 3.59. The van der Waals surface area contributed by atoms with Gasteiger partial charge >= 0.3 is 0 Å². The van der Waals surface area contributed by atoms with Crippen LogP contribution in [0.3, 0.4) is 0 Å². The van der Waals surface area contributed by atoms with E-state index >= 15 is 0 Å². The van der Waals surface area contributed by atoms with Crippen LogP contribution in [-0.2, 0) is 0 Å². The first-order chi connectivity index (χ1) is 4.61. The Morgan fingerprint density at radius 3 is 2.30 bits per heavy atom. The van der Waals surface area contributed by atoms with E-state index in [1.54, 1.807) is 0 Å². The van der Waals surface area contributed by atoms with Gasteiger partial charge in [0.15, 0.2) is 0 Å². The molecule has 60 valence electrons. The zero-order valence-electron chi connectivity index (χ0n) is 6.35. The van der Waals surface area contributed by atoms with Gasteiger partial charge in [0, 0.05) is 18.5 Å². The van der Waals surface area contributed by atoms with Crippen molar-refractivity contribution in [3.8, 4) is 0 Å². The van der Waals surface area contributed by atoms with Crippen molar-refractivity contribution in [2.24, 2.45) is 5.92 Å². The zero-order valence-corrected chi connectivity index (χ0v) is 6.35. The van der Waals surface area contributed by atoms with Crippen LogP contribution in [0, 0.1) is 5.92 Å². The average molecular weight is 149 g/mol. The molecule has 0 aromatic carbocycles. The molecular formula is C7H13F2N. The summed E-state index contributed by atoms with van der Waals surface area (Å²) in [5.74, 6) is -0.389. The highest BCUT2D eigenvalue weighted by Gasteiger charge is 2.31. The van der Waals surface area contributed by atoms with Gasteiger partial charge in [-0.15, -0.1) is 0 Å². The van der Waals surface area contributed by atoms with Gasteiger partial charge in [-0.05, 0) is 20.4 Å². The highest BCUT2D eigenvalue weighted by Crippen LogP contribution is 2.25. The van der Waals surface area contributed by atoms with E-state index in [-0.39, 0.29) is 5.92 Å². The molecule has 1 rings (SSSR count). The third-order valence-electron chi connectivity index (χ3n) is 2.28. The molecule has 1 nitrogen and oxygen atoms in total. The summed E-state index contributed by atoms with van der Waals surface area (Å²) in [5.41, 5.74) is 0. The quantitative estimate of drug-likeness (QED) is 0.547. The molecule has 0 spiro atoms. The molecule has 1 fully saturated rings. The van der Waals surface area contributed by atoms with Crippen LogP contribution in [-0.4, -0.2) is 31.0 Å². The molecule has 0 N–H and O–H groups in total. The summed E-state index contributed by atoms with van der Waals surface area (Å²) in [7, 11) is 1.90. The predicted octanol–water partition coefficient (Wildman–Crippen LogP) is 1.59. The van der Waals surface area contributed by atoms with E-state index in [0.717, 1.165) is 0 Å². The monoisotopic (exact) mass is 149 g/mol. The highest BCUT2D eigenvalue weighted by atomic mass is 19.3. The second-order valence-electron chi connectivity index (χ2n) is 3.12. The van der Waals surface area contributed by atoms with Crippen LogP contribution >= 0.6 is 0 Å². The highest BCUT2D eigenvalue weighted by molar-refractivity contribution is 4.81. The zero-order chi connectivity index (χ0) is 7.72. The van der Waals surface area contributed by atoms with E-state index in [2.05, 4.69) is 0 Å². The van der Waals surface area contributed by atoms with E-state index in [0.29, 0.717) is 19.0 Å². The van der Waals surface area contributed by atoms with Crippen molar-refractivity contribution >= 4 is 0 Å². The Morgan fingerprint density at radius 1 is 1.50 bits per heavy atom. The molecular weight excluding hydrogens is 136 g/mol. The Morgan fingerprint density at radius 2 is 2.10 bits per heavy atom. The van der Waals surface area contributed by atoms with E-state index in [4.69, 9.17) is 0 Å². The van der Waals surface area contributed by atoms with Crippen molar-refractivity contribution in [3.05, 3.63) is 0 Å². The van der Waals surface area contributed by atoms with Gasteiger partial charge in [-0.2, -0.15) is 0 Å². The topological polar surface area (TPSA) is 3.24 Å². The van der Waals surface area contributed by atoms with Gasteiger partial charge in [0.05, 0.1) is 0 Å². The van der Waals surface area contributed by atoms with Crippen molar-refractivity contribution < 1.29 is 8.78 Å². The summed E-state index contributed by atoms with van der Waals surface area (Å²) < 4.78 is 24.1. The van der Waals surface area contributed by atoms with Gasteiger partial charge in [-0.3, -0.25) is 0 Å². The lowest BCUT2D eigenvalue weighted by molar-refractivity contribution is 0.0822. The van der Waals surface area contributed by atoms with Gasteiger partial charge in [0.1, 0.15) is 0 Å². The van der Waals surface area contributed by atoms with Crippen molar-refractivity contribution in [1.82, 2.24) is 4.90 Å². The number of likely N-dealkylation sites (tertiary alicyclic amines) is 1. The second kappa shape index (κ2) is 2.82. The molecule has 0 aromatic rings. The third kappa shape index (κ3) is 1.45. The van der Waals surface area contributed by atoms with Crippen LogP contribution in [0.5, 0.6) is 0 Å². The average Bonchev–Trinajstić information content (AvgIpc) is 2.13. The molecule has 0 aliphatic carbocycles. The summed E-state index contributed by atoms with van der Waals surface area (Å²) in [6.07, 6.45) is -1.49. The fourth-order valence-electron chi connectivity index (χ4n) is 1.43.